The van der Waals surface area contributed by atoms with Crippen molar-refractivity contribution < 1.29 is 14.6 Å². The van der Waals surface area contributed by atoms with E-state index < -0.39 is 5.60 Å². The number of methoxy groups -OCH3 is 1. The summed E-state index contributed by atoms with van der Waals surface area (Å²) in [4.78, 5) is 17.9. The highest BCUT2D eigenvalue weighted by atomic mass is 16.5. The summed E-state index contributed by atoms with van der Waals surface area (Å²) < 4.78 is 5.37. The lowest BCUT2D eigenvalue weighted by atomic mass is 9.44. The molecular formula is C29H43NO3. The molecule has 4 fully saturated rings. The van der Waals surface area contributed by atoms with E-state index >= 15 is 0 Å². The molecule has 0 saturated heterocycles. The molecule has 1 aromatic rings. The summed E-state index contributed by atoms with van der Waals surface area (Å²) in [6.45, 7) is 7.47. The minimum atomic E-state index is -0.635. The van der Waals surface area contributed by atoms with Gasteiger partial charge in [-0.3, -0.25) is 9.78 Å². The molecule has 4 aliphatic carbocycles. The maximum atomic E-state index is 13.5. The van der Waals surface area contributed by atoms with E-state index in [2.05, 4.69) is 24.9 Å². The van der Waals surface area contributed by atoms with Gasteiger partial charge in [-0.1, -0.05) is 19.9 Å². The molecular weight excluding hydrogens is 410 g/mol. The number of fused-ring (bicyclic) bond motifs is 5. The third kappa shape index (κ3) is 3.80. The summed E-state index contributed by atoms with van der Waals surface area (Å²) in [5, 5.41) is 11.1. The number of aryl methyl sites for hydroxylation is 1. The molecule has 0 amide bonds. The van der Waals surface area contributed by atoms with Gasteiger partial charge in [-0.05, 0) is 111 Å². The second kappa shape index (κ2) is 8.45. The van der Waals surface area contributed by atoms with Crippen molar-refractivity contribution in [2.24, 2.45) is 40.4 Å². The van der Waals surface area contributed by atoms with Crippen molar-refractivity contribution in [2.45, 2.75) is 90.6 Å². The largest absolute Gasteiger partial charge is 0.387 e. The van der Waals surface area contributed by atoms with E-state index in [0.29, 0.717) is 36.1 Å². The predicted molar refractivity (Wildman–Crippen MR) is 130 cm³/mol. The van der Waals surface area contributed by atoms with Gasteiger partial charge in [0.15, 0.2) is 0 Å². The number of Topliss-reactive ketones (excluding diaryl/α,β-unsaturated/α-hetero) is 1. The first-order chi connectivity index (χ1) is 15.7. The molecule has 1 aromatic heterocycles. The Morgan fingerprint density at radius 1 is 1.09 bits per heavy atom. The third-order valence-corrected chi connectivity index (χ3v) is 11.1. The molecule has 33 heavy (non-hydrogen) atoms. The minimum absolute atomic E-state index is 0.156. The molecule has 0 aromatic carbocycles. The molecule has 8 atom stereocenters. The molecule has 182 valence electrons. The third-order valence-electron chi connectivity index (χ3n) is 11.1. The van der Waals surface area contributed by atoms with E-state index in [0.717, 1.165) is 48.8 Å². The quantitative estimate of drug-likeness (QED) is 0.636. The van der Waals surface area contributed by atoms with Gasteiger partial charge in [-0.15, -0.1) is 0 Å². The maximum Gasteiger partial charge on any atom is 0.140 e. The number of carbonyl (C=O) groups excluding carboxylic acids is 1. The lowest BCUT2D eigenvalue weighted by Crippen LogP contribution is -2.56. The Morgan fingerprint density at radius 2 is 1.88 bits per heavy atom. The van der Waals surface area contributed by atoms with Crippen molar-refractivity contribution in [3.8, 4) is 0 Å². The van der Waals surface area contributed by atoms with Crippen molar-refractivity contribution in [2.75, 3.05) is 13.7 Å². The molecule has 4 nitrogen and oxygen atoms in total. The Morgan fingerprint density at radius 3 is 2.64 bits per heavy atom. The van der Waals surface area contributed by atoms with Crippen LogP contribution in [0.3, 0.4) is 0 Å². The molecule has 0 spiro atoms. The van der Waals surface area contributed by atoms with Crippen LogP contribution in [0, 0.1) is 47.3 Å². The van der Waals surface area contributed by atoms with Crippen LogP contribution in [0.5, 0.6) is 0 Å². The second-order valence-corrected chi connectivity index (χ2v) is 12.6. The normalized spacial score (nSPS) is 44.6. The van der Waals surface area contributed by atoms with Crippen molar-refractivity contribution in [3.63, 3.8) is 0 Å². The van der Waals surface area contributed by atoms with Crippen LogP contribution in [0.4, 0.5) is 0 Å². The Hall–Kier alpha value is -1.26. The van der Waals surface area contributed by atoms with E-state index in [9.17, 15) is 9.90 Å². The Labute approximate surface area is 199 Å². The summed E-state index contributed by atoms with van der Waals surface area (Å²) in [7, 11) is 1.71. The van der Waals surface area contributed by atoms with Gasteiger partial charge in [0.25, 0.3) is 0 Å². The zero-order valence-electron chi connectivity index (χ0n) is 21.1. The number of aliphatic hydroxyl groups is 1. The molecule has 1 N–H and O–H groups in total. The lowest BCUT2D eigenvalue weighted by Gasteiger charge is -2.62. The summed E-state index contributed by atoms with van der Waals surface area (Å²) in [6.07, 6.45) is 12.5. The summed E-state index contributed by atoms with van der Waals surface area (Å²) in [5.41, 5.74) is 1.94. The monoisotopic (exact) mass is 453 g/mol. The van der Waals surface area contributed by atoms with Crippen molar-refractivity contribution in [3.05, 3.63) is 29.6 Å². The molecule has 0 bridgehead atoms. The van der Waals surface area contributed by atoms with Crippen LogP contribution < -0.4 is 0 Å². The second-order valence-electron chi connectivity index (χ2n) is 12.6. The van der Waals surface area contributed by atoms with Crippen LogP contribution >= 0.6 is 0 Å². The molecule has 1 heterocycles. The van der Waals surface area contributed by atoms with Gasteiger partial charge < -0.3 is 9.84 Å². The average molecular weight is 454 g/mol. The number of carbonyl (C=O) groups is 1. The van der Waals surface area contributed by atoms with Crippen LogP contribution in [-0.2, 0) is 16.0 Å². The molecule has 0 radical (unpaired) electrons. The molecule has 4 saturated carbocycles. The van der Waals surface area contributed by atoms with E-state index in [4.69, 9.17) is 4.74 Å². The first-order valence-corrected chi connectivity index (χ1v) is 13.3. The van der Waals surface area contributed by atoms with E-state index in [-0.39, 0.29) is 11.3 Å². The highest BCUT2D eigenvalue weighted by Crippen LogP contribution is 2.68. The fourth-order valence-electron chi connectivity index (χ4n) is 9.27. The molecule has 4 heteroatoms. The Kier molecular flexibility index (Phi) is 6.01. The number of rotatable bonds is 5. The minimum Gasteiger partial charge on any atom is -0.387 e. The van der Waals surface area contributed by atoms with Crippen molar-refractivity contribution >= 4 is 5.78 Å². The molecule has 0 aliphatic heterocycles. The van der Waals surface area contributed by atoms with Gasteiger partial charge >= 0.3 is 0 Å². The first-order valence-electron chi connectivity index (χ1n) is 13.3. The molecule has 5 rings (SSSR count). The van der Waals surface area contributed by atoms with E-state index in [1.165, 1.54) is 32.1 Å². The van der Waals surface area contributed by atoms with Crippen molar-refractivity contribution in [1.29, 1.82) is 0 Å². The summed E-state index contributed by atoms with van der Waals surface area (Å²) in [6, 6.07) is 4.03. The number of nitrogens with zero attached hydrogens (tertiary/aromatic N) is 1. The topological polar surface area (TPSA) is 59.4 Å². The van der Waals surface area contributed by atoms with Crippen LogP contribution in [0.2, 0.25) is 0 Å². The SMILES string of the molecule is COC[C@@]1(O)CC[C@@]2(C)[C@@H](CC[C@@H]3[C@@H]2CC[C@]2(C)[C@@H](C(=O)Cc4cccnc4C)CC[C@@H]32)C1. The molecule has 0 unspecified atom stereocenters. The zero-order chi connectivity index (χ0) is 23.4. The van der Waals surface area contributed by atoms with Gasteiger partial charge in [0.05, 0.1) is 12.2 Å². The smallest absolute Gasteiger partial charge is 0.140 e. The van der Waals surface area contributed by atoms with Crippen LogP contribution in [0.15, 0.2) is 18.3 Å². The van der Waals surface area contributed by atoms with Gasteiger partial charge in [0, 0.05) is 31.3 Å². The Balaban J connectivity index is 1.33. The fraction of sp³-hybridized carbons (Fsp3) is 0.793. The predicted octanol–water partition coefficient (Wildman–Crippen LogP) is 5.54. The molecule has 4 aliphatic rings. The van der Waals surface area contributed by atoms with Gasteiger partial charge in [0.2, 0.25) is 0 Å². The highest BCUT2D eigenvalue weighted by molar-refractivity contribution is 5.84. The lowest BCUT2D eigenvalue weighted by molar-refractivity contribution is -0.164. The van der Waals surface area contributed by atoms with Crippen molar-refractivity contribution in [1.82, 2.24) is 4.98 Å². The standard InChI is InChI=1S/C29H43NO3/c1-19-20(6-5-15-30-19)16-26(31)25-10-9-23-22-8-7-21-17-29(32,18-33-4)14-13-27(21,2)24(22)11-12-28(23,25)3/h5-6,15,21-25,32H,7-14,16-18H2,1-4H3/t21-,22-,23-,24-,25+,27-,28-,29+/m0/s1. The first kappa shape index (κ1) is 23.5. The average Bonchev–Trinajstić information content (AvgIpc) is 3.13. The highest BCUT2D eigenvalue weighted by Gasteiger charge is 2.62. The zero-order valence-corrected chi connectivity index (χ0v) is 21.1. The number of aromatic nitrogens is 1. The van der Waals surface area contributed by atoms with Crippen LogP contribution in [-0.4, -0.2) is 35.2 Å². The summed E-state index contributed by atoms with van der Waals surface area (Å²) in [5.74, 6) is 3.41. The van der Waals surface area contributed by atoms with Crippen LogP contribution in [0.1, 0.15) is 82.9 Å². The fourth-order valence-corrected chi connectivity index (χ4v) is 9.27. The van der Waals surface area contributed by atoms with Gasteiger partial charge in [0.1, 0.15) is 5.78 Å². The Bertz CT molecular complexity index is 901. The van der Waals surface area contributed by atoms with Gasteiger partial charge in [-0.2, -0.15) is 0 Å². The maximum absolute atomic E-state index is 13.5. The van der Waals surface area contributed by atoms with Crippen LogP contribution in [0.25, 0.3) is 0 Å². The van der Waals surface area contributed by atoms with Gasteiger partial charge in [-0.25, -0.2) is 0 Å². The number of hydrogen-bond donors (Lipinski definition) is 1. The number of ether oxygens (including phenoxy) is 1. The number of hydrogen-bond acceptors (Lipinski definition) is 4. The number of ketones is 1. The van der Waals surface area contributed by atoms with E-state index in [1.807, 2.05) is 19.2 Å². The van der Waals surface area contributed by atoms with E-state index in [1.54, 1.807) is 7.11 Å². The summed E-state index contributed by atoms with van der Waals surface area (Å²) >= 11 is 0. The number of pyridine rings is 1.